The van der Waals surface area contributed by atoms with E-state index in [0.29, 0.717) is 12.2 Å². The lowest BCUT2D eigenvalue weighted by molar-refractivity contribution is -0.116. The molecular weight excluding hydrogens is 344 g/mol. The van der Waals surface area contributed by atoms with Crippen molar-refractivity contribution in [3.63, 3.8) is 0 Å². The second kappa shape index (κ2) is 7.45. The number of hydrogen-bond acceptors (Lipinski definition) is 4. The fourth-order valence-electron chi connectivity index (χ4n) is 3.38. The third-order valence-electron chi connectivity index (χ3n) is 4.66. The highest BCUT2D eigenvalue weighted by molar-refractivity contribution is 7.99. The number of nitrogens with zero attached hydrogens (tertiary/aromatic N) is 1. The molecule has 0 radical (unpaired) electrons. The predicted molar refractivity (Wildman–Crippen MR) is 97.0 cm³/mol. The molecule has 0 saturated heterocycles. The van der Waals surface area contributed by atoms with Gasteiger partial charge in [0.1, 0.15) is 0 Å². The van der Waals surface area contributed by atoms with Gasteiger partial charge in [-0.3, -0.25) is 4.79 Å². The Bertz CT molecular complexity index is 711. The zero-order chi connectivity index (χ0) is 17.2. The highest BCUT2D eigenvalue weighted by Crippen LogP contribution is 2.36. The zero-order valence-electron chi connectivity index (χ0n) is 14.0. The van der Waals surface area contributed by atoms with Gasteiger partial charge >= 0.3 is 0 Å². The molecular formula is C17H24N2O3S2. The fraction of sp³-hybridized carbons (Fsp3) is 0.588. The van der Waals surface area contributed by atoms with Crippen LogP contribution in [-0.4, -0.2) is 32.7 Å². The van der Waals surface area contributed by atoms with E-state index in [4.69, 9.17) is 0 Å². The van der Waals surface area contributed by atoms with Crippen molar-refractivity contribution < 1.29 is 13.2 Å². The third-order valence-corrected chi connectivity index (χ3v) is 7.22. The fourth-order valence-corrected chi connectivity index (χ4v) is 5.68. The Labute approximate surface area is 148 Å². The van der Waals surface area contributed by atoms with E-state index in [1.165, 1.54) is 19.8 Å². The summed E-state index contributed by atoms with van der Waals surface area (Å²) in [4.78, 5) is 14.7. The zero-order valence-corrected chi connectivity index (χ0v) is 15.6. The van der Waals surface area contributed by atoms with Crippen LogP contribution in [0.2, 0.25) is 0 Å². The first-order valence-electron chi connectivity index (χ1n) is 8.55. The molecule has 1 fully saturated rings. The van der Waals surface area contributed by atoms with Crippen molar-refractivity contribution in [2.45, 2.75) is 61.3 Å². The molecule has 5 nitrogen and oxygen atoms in total. The lowest BCUT2D eigenvalue weighted by Crippen LogP contribution is -2.35. The number of carbonyl (C=O) groups is 1. The Balaban J connectivity index is 1.85. The van der Waals surface area contributed by atoms with Gasteiger partial charge in [-0.05, 0) is 31.0 Å². The molecule has 3 rings (SSSR count). The molecule has 0 spiro atoms. The van der Waals surface area contributed by atoms with Crippen molar-refractivity contribution in [3.8, 4) is 0 Å². The van der Waals surface area contributed by atoms with Crippen LogP contribution in [0.15, 0.2) is 28.0 Å². The van der Waals surface area contributed by atoms with Gasteiger partial charge in [0, 0.05) is 30.2 Å². The maximum Gasteiger partial charge on any atom is 0.240 e. The molecule has 1 saturated carbocycles. The number of fused-ring (bicyclic) bond motifs is 1. The molecule has 24 heavy (non-hydrogen) atoms. The first-order valence-corrected chi connectivity index (χ1v) is 11.0. The van der Waals surface area contributed by atoms with Gasteiger partial charge in [0.2, 0.25) is 15.9 Å². The summed E-state index contributed by atoms with van der Waals surface area (Å²) in [7, 11) is -3.56. The van der Waals surface area contributed by atoms with Crippen LogP contribution in [0.1, 0.15) is 45.4 Å². The van der Waals surface area contributed by atoms with Gasteiger partial charge in [0.05, 0.1) is 10.6 Å². The highest BCUT2D eigenvalue weighted by Gasteiger charge is 2.25. The number of thioether (sulfide) groups is 1. The van der Waals surface area contributed by atoms with Gasteiger partial charge in [-0.1, -0.05) is 25.7 Å². The Morgan fingerprint density at radius 2 is 1.92 bits per heavy atom. The summed E-state index contributed by atoms with van der Waals surface area (Å²) in [5.74, 6) is 0.779. The van der Waals surface area contributed by atoms with Gasteiger partial charge in [-0.25, -0.2) is 13.1 Å². The molecule has 0 bridgehead atoms. The SMILES string of the molecule is CC(=O)N1CCSc2ccc(S(=O)(=O)NC3CCCCCC3)cc21. The predicted octanol–water partition coefficient (Wildman–Crippen LogP) is 3.15. The smallest absolute Gasteiger partial charge is 0.240 e. The van der Waals surface area contributed by atoms with Crippen molar-refractivity contribution in [1.29, 1.82) is 0 Å². The Morgan fingerprint density at radius 3 is 2.58 bits per heavy atom. The van der Waals surface area contributed by atoms with Crippen LogP contribution < -0.4 is 9.62 Å². The minimum absolute atomic E-state index is 0.0202. The summed E-state index contributed by atoms with van der Waals surface area (Å²) < 4.78 is 28.4. The van der Waals surface area contributed by atoms with E-state index in [1.807, 2.05) is 6.07 Å². The Kier molecular flexibility index (Phi) is 5.52. The lowest BCUT2D eigenvalue weighted by atomic mass is 10.1. The summed E-state index contributed by atoms with van der Waals surface area (Å²) in [5, 5.41) is 0. The number of anilines is 1. The number of sulfonamides is 1. The van der Waals surface area contributed by atoms with E-state index in [0.717, 1.165) is 36.3 Å². The van der Waals surface area contributed by atoms with Crippen molar-refractivity contribution >= 4 is 33.4 Å². The maximum absolute atomic E-state index is 12.8. The van der Waals surface area contributed by atoms with E-state index in [9.17, 15) is 13.2 Å². The molecule has 7 heteroatoms. The molecule has 1 amide bonds. The molecule has 1 aliphatic heterocycles. The normalized spacial score (nSPS) is 19.6. The van der Waals surface area contributed by atoms with E-state index >= 15 is 0 Å². The molecule has 1 N–H and O–H groups in total. The van der Waals surface area contributed by atoms with Crippen LogP contribution in [0.3, 0.4) is 0 Å². The van der Waals surface area contributed by atoms with E-state index in [2.05, 4.69) is 4.72 Å². The molecule has 1 aromatic rings. The van der Waals surface area contributed by atoms with Crippen LogP contribution in [0, 0.1) is 0 Å². The van der Waals surface area contributed by atoms with Crippen molar-refractivity contribution in [2.24, 2.45) is 0 Å². The minimum atomic E-state index is -3.56. The number of amides is 1. The molecule has 1 aromatic carbocycles. The summed E-state index contributed by atoms with van der Waals surface area (Å²) in [5.41, 5.74) is 0.711. The average Bonchev–Trinajstić information content (AvgIpc) is 2.81. The van der Waals surface area contributed by atoms with Gasteiger partial charge < -0.3 is 4.90 Å². The van der Waals surface area contributed by atoms with Crippen LogP contribution in [-0.2, 0) is 14.8 Å². The van der Waals surface area contributed by atoms with Gasteiger partial charge in [-0.15, -0.1) is 11.8 Å². The van der Waals surface area contributed by atoms with Crippen molar-refractivity contribution in [2.75, 3.05) is 17.2 Å². The second-order valence-corrected chi connectivity index (χ2v) is 9.31. The van der Waals surface area contributed by atoms with Crippen molar-refractivity contribution in [3.05, 3.63) is 18.2 Å². The highest BCUT2D eigenvalue weighted by atomic mass is 32.2. The van der Waals surface area contributed by atoms with Crippen LogP contribution in [0.5, 0.6) is 0 Å². The number of hydrogen-bond donors (Lipinski definition) is 1. The van der Waals surface area contributed by atoms with Crippen molar-refractivity contribution in [1.82, 2.24) is 4.72 Å². The minimum Gasteiger partial charge on any atom is -0.311 e. The number of rotatable bonds is 3. The second-order valence-electron chi connectivity index (χ2n) is 6.46. The maximum atomic E-state index is 12.8. The Hall–Kier alpha value is -1.05. The average molecular weight is 369 g/mol. The largest absolute Gasteiger partial charge is 0.311 e. The number of carbonyl (C=O) groups excluding carboxylic acids is 1. The summed E-state index contributed by atoms with van der Waals surface area (Å²) >= 11 is 1.66. The van der Waals surface area contributed by atoms with Crippen LogP contribution in [0.25, 0.3) is 0 Å². The molecule has 0 atom stereocenters. The van der Waals surface area contributed by atoms with E-state index < -0.39 is 10.0 Å². The molecule has 2 aliphatic rings. The third kappa shape index (κ3) is 3.95. The van der Waals surface area contributed by atoms with Gasteiger partial charge in [0.25, 0.3) is 0 Å². The number of nitrogens with one attached hydrogen (secondary N) is 1. The Morgan fingerprint density at radius 1 is 1.21 bits per heavy atom. The molecule has 0 aromatic heterocycles. The summed E-state index contributed by atoms with van der Waals surface area (Å²) in [6.07, 6.45) is 6.32. The molecule has 132 valence electrons. The van der Waals surface area contributed by atoms with Crippen LogP contribution in [0.4, 0.5) is 5.69 Å². The lowest BCUT2D eigenvalue weighted by Gasteiger charge is -2.28. The summed E-state index contributed by atoms with van der Waals surface area (Å²) in [6, 6.07) is 5.12. The molecule has 1 heterocycles. The molecule has 1 aliphatic carbocycles. The monoisotopic (exact) mass is 368 g/mol. The van der Waals surface area contributed by atoms with E-state index in [1.54, 1.807) is 28.8 Å². The quantitative estimate of drug-likeness (QED) is 0.833. The molecule has 0 unspecified atom stereocenters. The van der Waals surface area contributed by atoms with Gasteiger partial charge in [0.15, 0.2) is 0 Å². The standard InChI is InChI=1S/C17H24N2O3S2/c1-13(20)19-10-11-23-17-9-8-15(12-16(17)19)24(21,22)18-14-6-4-2-3-5-7-14/h8-9,12,14,18H,2-7,10-11H2,1H3. The number of benzene rings is 1. The first-order chi connectivity index (χ1) is 11.5. The van der Waals surface area contributed by atoms with Gasteiger partial charge in [-0.2, -0.15) is 0 Å². The summed E-state index contributed by atoms with van der Waals surface area (Å²) in [6.45, 7) is 2.14. The first kappa shape index (κ1) is 17.8. The van der Waals surface area contributed by atoms with E-state index in [-0.39, 0.29) is 16.8 Å². The topological polar surface area (TPSA) is 66.5 Å². The van der Waals surface area contributed by atoms with Crippen LogP contribution >= 0.6 is 11.8 Å².